The highest BCUT2D eigenvalue weighted by Gasteiger charge is 2.31. The van der Waals surface area contributed by atoms with E-state index in [0.29, 0.717) is 5.70 Å². The molecule has 2 rings (SSSR count). The van der Waals surface area contributed by atoms with Gasteiger partial charge in [-0.25, -0.2) is 19.5 Å². The number of aliphatic imine (C=N–C) groups is 1. The van der Waals surface area contributed by atoms with Gasteiger partial charge in [0.25, 0.3) is 5.69 Å². The molecule has 0 aliphatic carbocycles. The van der Waals surface area contributed by atoms with Gasteiger partial charge < -0.3 is 14.2 Å². The number of nitrogens with zero attached hydrogens (tertiary/aromatic N) is 3. The standard InChI is InChI=1S/C15H15N3O7/c1-9-12(13(19)23-2)8-17(14(16-9)24-3)15(20)25-11-6-4-10(5-7-11)18(21)22/h4-7H,8H2,1-3H3. The SMILES string of the molecule is COC(=O)C1=C(C)N=C(OC)N(C(=O)Oc2ccc([N+](=O)[O-])cc2)C1. The summed E-state index contributed by atoms with van der Waals surface area (Å²) in [4.78, 5) is 39.2. The molecular formula is C15H15N3O7. The van der Waals surface area contributed by atoms with Gasteiger partial charge in [-0.05, 0) is 19.1 Å². The van der Waals surface area contributed by atoms with Crippen LogP contribution in [0, 0.1) is 10.1 Å². The molecule has 0 aromatic heterocycles. The van der Waals surface area contributed by atoms with Gasteiger partial charge >= 0.3 is 18.1 Å². The number of carbonyl (C=O) groups excluding carboxylic acids is 2. The van der Waals surface area contributed by atoms with Crippen molar-refractivity contribution in [2.45, 2.75) is 6.92 Å². The number of nitro groups is 1. The van der Waals surface area contributed by atoms with E-state index in [1.54, 1.807) is 6.92 Å². The molecule has 0 spiro atoms. The third-order valence-corrected chi connectivity index (χ3v) is 3.33. The minimum Gasteiger partial charge on any atom is -0.468 e. The molecule has 0 radical (unpaired) electrons. The fraction of sp³-hybridized carbons (Fsp3) is 0.267. The average molecular weight is 349 g/mol. The predicted molar refractivity (Wildman–Crippen MR) is 85.0 cm³/mol. The van der Waals surface area contributed by atoms with Crippen LogP contribution in [0.1, 0.15) is 6.92 Å². The molecule has 10 heteroatoms. The molecule has 132 valence electrons. The molecule has 1 aromatic carbocycles. The van der Waals surface area contributed by atoms with Crippen LogP contribution in [0.4, 0.5) is 10.5 Å². The summed E-state index contributed by atoms with van der Waals surface area (Å²) in [6.07, 6.45) is -0.858. The molecule has 0 fully saturated rings. The minimum absolute atomic E-state index is 0.0444. The monoisotopic (exact) mass is 349 g/mol. The lowest BCUT2D eigenvalue weighted by molar-refractivity contribution is -0.384. The predicted octanol–water partition coefficient (Wildman–Crippen LogP) is 1.86. The zero-order valence-corrected chi connectivity index (χ0v) is 13.7. The maximum Gasteiger partial charge on any atom is 0.423 e. The van der Waals surface area contributed by atoms with Crippen LogP contribution >= 0.6 is 0 Å². The zero-order valence-electron chi connectivity index (χ0n) is 13.7. The summed E-state index contributed by atoms with van der Waals surface area (Å²) in [6.45, 7) is 1.45. The van der Waals surface area contributed by atoms with Crippen molar-refractivity contribution in [1.82, 2.24) is 4.90 Å². The normalized spacial score (nSPS) is 13.9. The number of hydrogen-bond donors (Lipinski definition) is 0. The average Bonchev–Trinajstić information content (AvgIpc) is 2.61. The van der Waals surface area contributed by atoms with E-state index in [1.807, 2.05) is 0 Å². The van der Waals surface area contributed by atoms with Crippen LogP contribution in [0.3, 0.4) is 0 Å². The second-order valence-corrected chi connectivity index (χ2v) is 4.86. The van der Waals surface area contributed by atoms with E-state index in [-0.39, 0.29) is 29.6 Å². The maximum atomic E-state index is 12.4. The van der Waals surface area contributed by atoms with Crippen LogP contribution in [-0.2, 0) is 14.3 Å². The Hall–Kier alpha value is -3.43. The van der Waals surface area contributed by atoms with Crippen molar-refractivity contribution in [3.63, 3.8) is 0 Å². The number of amidine groups is 1. The van der Waals surface area contributed by atoms with Crippen molar-refractivity contribution in [1.29, 1.82) is 0 Å². The first-order valence-electron chi connectivity index (χ1n) is 7.02. The summed E-state index contributed by atoms with van der Waals surface area (Å²) in [7, 11) is 2.54. The second-order valence-electron chi connectivity index (χ2n) is 4.86. The Bertz CT molecular complexity index is 768. The van der Waals surface area contributed by atoms with Gasteiger partial charge in [-0.3, -0.25) is 10.1 Å². The molecule has 1 aromatic rings. The number of methoxy groups -OCH3 is 2. The third-order valence-electron chi connectivity index (χ3n) is 3.33. The van der Waals surface area contributed by atoms with Crippen molar-refractivity contribution in [2.75, 3.05) is 20.8 Å². The number of carbonyl (C=O) groups is 2. The molecule has 10 nitrogen and oxygen atoms in total. The highest BCUT2D eigenvalue weighted by atomic mass is 16.6. The number of benzene rings is 1. The fourth-order valence-corrected chi connectivity index (χ4v) is 2.04. The van der Waals surface area contributed by atoms with E-state index >= 15 is 0 Å². The minimum atomic E-state index is -0.858. The fourth-order valence-electron chi connectivity index (χ4n) is 2.04. The van der Waals surface area contributed by atoms with E-state index < -0.39 is 17.0 Å². The van der Waals surface area contributed by atoms with Crippen LogP contribution in [0.2, 0.25) is 0 Å². The highest BCUT2D eigenvalue weighted by molar-refractivity contribution is 5.98. The van der Waals surface area contributed by atoms with Crippen molar-refractivity contribution in [3.8, 4) is 5.75 Å². The van der Waals surface area contributed by atoms with Gasteiger partial charge in [-0.2, -0.15) is 0 Å². The van der Waals surface area contributed by atoms with Crippen LogP contribution in [0.5, 0.6) is 5.75 Å². The van der Waals surface area contributed by atoms with Crippen molar-refractivity contribution < 1.29 is 28.7 Å². The van der Waals surface area contributed by atoms with Gasteiger partial charge in [0.1, 0.15) is 5.75 Å². The Kier molecular flexibility index (Phi) is 5.32. The maximum absolute atomic E-state index is 12.4. The Morgan fingerprint density at radius 3 is 2.40 bits per heavy atom. The number of allylic oxidation sites excluding steroid dienone is 1. The highest BCUT2D eigenvalue weighted by Crippen LogP contribution is 2.21. The van der Waals surface area contributed by atoms with Gasteiger partial charge in [-0.1, -0.05) is 0 Å². The van der Waals surface area contributed by atoms with Gasteiger partial charge in [0.05, 0.1) is 37.0 Å². The summed E-state index contributed by atoms with van der Waals surface area (Å²) in [5, 5.41) is 10.6. The lowest BCUT2D eigenvalue weighted by Crippen LogP contribution is -2.44. The van der Waals surface area contributed by atoms with Crippen molar-refractivity contribution in [2.24, 2.45) is 4.99 Å². The number of non-ortho nitro benzene ring substituents is 1. The summed E-state index contributed by atoms with van der Waals surface area (Å²) in [5.74, 6) is -0.526. The van der Waals surface area contributed by atoms with Gasteiger partial charge in [0, 0.05) is 12.1 Å². The molecule has 1 aliphatic heterocycles. The lowest BCUT2D eigenvalue weighted by atomic mass is 10.2. The second kappa shape index (κ2) is 7.43. The van der Waals surface area contributed by atoms with E-state index in [4.69, 9.17) is 9.47 Å². The van der Waals surface area contributed by atoms with E-state index in [2.05, 4.69) is 9.73 Å². The molecule has 1 amide bonds. The molecular weight excluding hydrogens is 334 g/mol. The number of rotatable bonds is 3. The third kappa shape index (κ3) is 3.91. The number of nitro benzene ring substituents is 1. The van der Waals surface area contributed by atoms with Crippen molar-refractivity contribution in [3.05, 3.63) is 45.6 Å². The first-order chi connectivity index (χ1) is 11.9. The van der Waals surface area contributed by atoms with Crippen LogP contribution in [0.25, 0.3) is 0 Å². The van der Waals surface area contributed by atoms with E-state index in [1.165, 1.54) is 38.5 Å². The Balaban J connectivity index is 2.19. The number of amides is 1. The van der Waals surface area contributed by atoms with Crippen LogP contribution in [-0.4, -0.2) is 48.7 Å². The molecule has 0 bridgehead atoms. The first-order valence-corrected chi connectivity index (χ1v) is 7.02. The van der Waals surface area contributed by atoms with E-state index in [0.717, 1.165) is 4.90 Å². The Morgan fingerprint density at radius 2 is 1.88 bits per heavy atom. The summed E-state index contributed by atoms with van der Waals surface area (Å²) >= 11 is 0. The number of esters is 1. The van der Waals surface area contributed by atoms with Gasteiger partial charge in [0.15, 0.2) is 0 Å². The van der Waals surface area contributed by atoms with Gasteiger partial charge in [-0.15, -0.1) is 0 Å². The zero-order chi connectivity index (χ0) is 18.6. The van der Waals surface area contributed by atoms with Gasteiger partial charge in [0.2, 0.25) is 0 Å². The topological polar surface area (TPSA) is 121 Å². The quantitative estimate of drug-likeness (QED) is 0.464. The van der Waals surface area contributed by atoms with Crippen LogP contribution < -0.4 is 4.74 Å². The van der Waals surface area contributed by atoms with Crippen LogP contribution in [0.15, 0.2) is 40.5 Å². The number of ether oxygens (including phenoxy) is 3. The van der Waals surface area contributed by atoms with E-state index in [9.17, 15) is 19.7 Å². The number of hydrogen-bond acceptors (Lipinski definition) is 8. The molecule has 0 saturated heterocycles. The Morgan fingerprint density at radius 1 is 1.24 bits per heavy atom. The molecule has 1 aliphatic rings. The molecule has 0 atom stereocenters. The Labute approximate surface area is 142 Å². The molecule has 25 heavy (non-hydrogen) atoms. The lowest BCUT2D eigenvalue weighted by Gasteiger charge is -2.26. The molecule has 1 heterocycles. The largest absolute Gasteiger partial charge is 0.468 e. The first kappa shape index (κ1) is 17.9. The molecule has 0 N–H and O–H groups in total. The van der Waals surface area contributed by atoms with Crippen molar-refractivity contribution >= 4 is 23.8 Å². The molecule has 0 saturated carbocycles. The summed E-state index contributed by atoms with van der Waals surface area (Å²) in [6, 6.07) is 4.93. The summed E-state index contributed by atoms with van der Waals surface area (Å²) < 4.78 is 14.9. The smallest absolute Gasteiger partial charge is 0.423 e. The summed E-state index contributed by atoms with van der Waals surface area (Å²) in [5.41, 5.74) is 0.412. The molecule has 0 unspecified atom stereocenters.